The third-order valence-electron chi connectivity index (χ3n) is 2.36. The maximum Gasteiger partial charge on any atom is 0.109 e. The van der Waals surface area contributed by atoms with Gasteiger partial charge in [-0.2, -0.15) is 0 Å². The van der Waals surface area contributed by atoms with Crippen molar-refractivity contribution in [2.45, 2.75) is 32.9 Å². The standard InChI is InChI=1S/C11H15N3S2/c1-3-10-5-13-11(16-10)8(2)12-4-9-6-15-7-14-9/h5-8,12H,3-4H2,1-2H3. The van der Waals surface area contributed by atoms with E-state index in [-0.39, 0.29) is 0 Å². The lowest BCUT2D eigenvalue weighted by Crippen LogP contribution is -2.17. The minimum Gasteiger partial charge on any atom is -0.302 e. The molecule has 1 unspecified atom stereocenters. The summed E-state index contributed by atoms with van der Waals surface area (Å²) in [5.74, 6) is 0. The van der Waals surface area contributed by atoms with E-state index in [1.54, 1.807) is 22.7 Å². The van der Waals surface area contributed by atoms with Gasteiger partial charge in [-0.15, -0.1) is 22.7 Å². The SMILES string of the molecule is CCc1cnc(C(C)NCc2cscn2)s1. The van der Waals surface area contributed by atoms with E-state index in [1.807, 2.05) is 11.7 Å². The number of aryl methyl sites for hydroxylation is 1. The van der Waals surface area contributed by atoms with Crippen molar-refractivity contribution in [1.82, 2.24) is 15.3 Å². The highest BCUT2D eigenvalue weighted by Gasteiger charge is 2.09. The van der Waals surface area contributed by atoms with Crippen molar-refractivity contribution < 1.29 is 0 Å². The summed E-state index contributed by atoms with van der Waals surface area (Å²) in [5, 5.41) is 6.66. The van der Waals surface area contributed by atoms with Crippen molar-refractivity contribution in [3.8, 4) is 0 Å². The Balaban J connectivity index is 1.90. The van der Waals surface area contributed by atoms with Crippen LogP contribution in [0.15, 0.2) is 17.1 Å². The molecule has 0 aromatic carbocycles. The molecule has 86 valence electrons. The molecule has 0 fully saturated rings. The van der Waals surface area contributed by atoms with Gasteiger partial charge < -0.3 is 5.32 Å². The van der Waals surface area contributed by atoms with Crippen LogP contribution >= 0.6 is 22.7 Å². The van der Waals surface area contributed by atoms with Crippen LogP contribution in [0.3, 0.4) is 0 Å². The number of thiazole rings is 2. The zero-order valence-electron chi connectivity index (χ0n) is 9.43. The first-order chi connectivity index (χ1) is 7.79. The molecule has 0 bridgehead atoms. The first-order valence-corrected chi connectivity index (χ1v) is 7.10. The van der Waals surface area contributed by atoms with E-state index in [1.165, 1.54) is 4.88 Å². The molecule has 2 heterocycles. The number of hydrogen-bond donors (Lipinski definition) is 1. The topological polar surface area (TPSA) is 37.8 Å². The predicted molar refractivity (Wildman–Crippen MR) is 68.9 cm³/mol. The van der Waals surface area contributed by atoms with Crippen molar-refractivity contribution in [3.05, 3.63) is 32.7 Å². The average Bonchev–Trinajstić information content (AvgIpc) is 2.96. The number of hydrogen-bond acceptors (Lipinski definition) is 5. The second-order valence-electron chi connectivity index (χ2n) is 3.60. The van der Waals surface area contributed by atoms with Gasteiger partial charge in [0, 0.05) is 23.0 Å². The largest absolute Gasteiger partial charge is 0.302 e. The molecule has 0 radical (unpaired) electrons. The Morgan fingerprint density at radius 2 is 2.31 bits per heavy atom. The number of nitrogens with one attached hydrogen (secondary N) is 1. The zero-order valence-corrected chi connectivity index (χ0v) is 11.1. The molecule has 2 aromatic heterocycles. The molecule has 1 atom stereocenters. The Labute approximate surface area is 104 Å². The molecular formula is C11H15N3S2. The fourth-order valence-electron chi connectivity index (χ4n) is 1.36. The van der Waals surface area contributed by atoms with Crippen LogP contribution in [0.4, 0.5) is 0 Å². The highest BCUT2D eigenvalue weighted by molar-refractivity contribution is 7.11. The first kappa shape index (κ1) is 11.7. The van der Waals surface area contributed by atoms with E-state index < -0.39 is 0 Å². The van der Waals surface area contributed by atoms with Gasteiger partial charge >= 0.3 is 0 Å². The van der Waals surface area contributed by atoms with Crippen LogP contribution in [-0.4, -0.2) is 9.97 Å². The summed E-state index contributed by atoms with van der Waals surface area (Å²) < 4.78 is 0. The fraction of sp³-hybridized carbons (Fsp3) is 0.455. The maximum atomic E-state index is 4.43. The molecule has 16 heavy (non-hydrogen) atoms. The minimum atomic E-state index is 0.298. The molecule has 2 aromatic rings. The summed E-state index contributed by atoms with van der Waals surface area (Å²) >= 11 is 3.42. The Hall–Kier alpha value is -0.780. The number of aromatic nitrogens is 2. The Kier molecular flexibility index (Phi) is 4.04. The van der Waals surface area contributed by atoms with Crippen molar-refractivity contribution in [1.29, 1.82) is 0 Å². The third kappa shape index (κ3) is 2.87. The second kappa shape index (κ2) is 5.52. The van der Waals surface area contributed by atoms with E-state index >= 15 is 0 Å². The lowest BCUT2D eigenvalue weighted by Gasteiger charge is -2.09. The van der Waals surface area contributed by atoms with E-state index in [4.69, 9.17) is 0 Å². The summed E-state index contributed by atoms with van der Waals surface area (Å²) in [6.45, 7) is 5.11. The minimum absolute atomic E-state index is 0.298. The quantitative estimate of drug-likeness (QED) is 0.890. The van der Waals surface area contributed by atoms with Crippen LogP contribution in [0.2, 0.25) is 0 Å². The molecule has 0 aliphatic heterocycles. The molecule has 0 spiro atoms. The molecule has 0 aliphatic rings. The normalized spacial score (nSPS) is 12.9. The van der Waals surface area contributed by atoms with Crippen LogP contribution in [0, 0.1) is 0 Å². The van der Waals surface area contributed by atoms with Gasteiger partial charge in [0.05, 0.1) is 17.2 Å². The van der Waals surface area contributed by atoms with Crippen molar-refractivity contribution >= 4 is 22.7 Å². The summed E-state index contributed by atoms with van der Waals surface area (Å²) in [5.41, 5.74) is 2.96. The molecule has 1 N–H and O–H groups in total. The van der Waals surface area contributed by atoms with Gasteiger partial charge in [-0.25, -0.2) is 9.97 Å². The van der Waals surface area contributed by atoms with Gasteiger partial charge in [0.1, 0.15) is 5.01 Å². The van der Waals surface area contributed by atoms with E-state index in [0.29, 0.717) is 6.04 Å². The predicted octanol–water partition coefficient (Wildman–Crippen LogP) is 3.01. The summed E-state index contributed by atoms with van der Waals surface area (Å²) in [4.78, 5) is 10.0. The van der Waals surface area contributed by atoms with Crippen LogP contribution in [-0.2, 0) is 13.0 Å². The van der Waals surface area contributed by atoms with Gasteiger partial charge in [-0.3, -0.25) is 0 Å². The molecule has 5 heteroatoms. The molecule has 3 nitrogen and oxygen atoms in total. The zero-order chi connectivity index (χ0) is 11.4. The summed E-state index contributed by atoms with van der Waals surface area (Å²) in [6, 6.07) is 0.298. The van der Waals surface area contributed by atoms with Crippen LogP contribution in [0.25, 0.3) is 0 Å². The van der Waals surface area contributed by atoms with Gasteiger partial charge in [-0.05, 0) is 13.3 Å². The maximum absolute atomic E-state index is 4.43. The first-order valence-electron chi connectivity index (χ1n) is 5.34. The van der Waals surface area contributed by atoms with Crippen molar-refractivity contribution in [2.75, 3.05) is 0 Å². The number of nitrogens with zero attached hydrogens (tertiary/aromatic N) is 2. The van der Waals surface area contributed by atoms with Crippen LogP contribution in [0.5, 0.6) is 0 Å². The summed E-state index contributed by atoms with van der Waals surface area (Å²) in [6.07, 6.45) is 3.04. The average molecular weight is 253 g/mol. The lowest BCUT2D eigenvalue weighted by atomic mass is 10.3. The molecule has 0 amide bonds. The Bertz CT molecular complexity index is 422. The Morgan fingerprint density at radius 3 is 2.94 bits per heavy atom. The highest BCUT2D eigenvalue weighted by Crippen LogP contribution is 2.20. The molecular weight excluding hydrogens is 238 g/mol. The van der Waals surface area contributed by atoms with E-state index in [2.05, 4.69) is 34.5 Å². The summed E-state index contributed by atoms with van der Waals surface area (Å²) in [7, 11) is 0. The van der Waals surface area contributed by atoms with Gasteiger partial charge in [0.15, 0.2) is 0 Å². The van der Waals surface area contributed by atoms with Gasteiger partial charge in [0.2, 0.25) is 0 Å². The smallest absolute Gasteiger partial charge is 0.109 e. The van der Waals surface area contributed by atoms with Gasteiger partial charge in [0.25, 0.3) is 0 Å². The molecule has 0 saturated carbocycles. The molecule has 0 aliphatic carbocycles. The molecule has 2 rings (SSSR count). The van der Waals surface area contributed by atoms with E-state index in [9.17, 15) is 0 Å². The number of rotatable bonds is 5. The second-order valence-corrected chi connectivity index (χ2v) is 5.47. The molecule has 0 saturated heterocycles. The van der Waals surface area contributed by atoms with Crippen LogP contribution < -0.4 is 5.32 Å². The lowest BCUT2D eigenvalue weighted by molar-refractivity contribution is 0.566. The van der Waals surface area contributed by atoms with Gasteiger partial charge in [-0.1, -0.05) is 6.92 Å². The fourth-order valence-corrected chi connectivity index (χ4v) is 2.80. The van der Waals surface area contributed by atoms with Crippen molar-refractivity contribution in [2.24, 2.45) is 0 Å². The van der Waals surface area contributed by atoms with Crippen LogP contribution in [0.1, 0.15) is 35.5 Å². The monoisotopic (exact) mass is 253 g/mol. The Morgan fingerprint density at radius 1 is 1.44 bits per heavy atom. The third-order valence-corrected chi connectivity index (χ3v) is 4.32. The highest BCUT2D eigenvalue weighted by atomic mass is 32.1. The van der Waals surface area contributed by atoms with E-state index in [0.717, 1.165) is 23.7 Å². The van der Waals surface area contributed by atoms with Crippen molar-refractivity contribution in [3.63, 3.8) is 0 Å².